The van der Waals surface area contributed by atoms with Gasteiger partial charge in [0.15, 0.2) is 0 Å². The van der Waals surface area contributed by atoms with Crippen LogP contribution in [-0.2, 0) is 0 Å². The van der Waals surface area contributed by atoms with Gasteiger partial charge in [-0.15, -0.1) is 0 Å². The molecule has 0 N–H and O–H groups in total. The number of rotatable bonds is 1. The molecule has 0 atom stereocenters. The van der Waals surface area contributed by atoms with E-state index >= 15 is 0 Å². The van der Waals surface area contributed by atoms with Crippen LogP contribution in [0.1, 0.15) is 0 Å². The van der Waals surface area contributed by atoms with Gasteiger partial charge in [-0.25, -0.2) is 0 Å². The van der Waals surface area contributed by atoms with Crippen LogP contribution in [0.5, 0.6) is 0 Å². The summed E-state index contributed by atoms with van der Waals surface area (Å²) in [5.74, 6) is 0. The van der Waals surface area contributed by atoms with Crippen molar-refractivity contribution in [1.29, 1.82) is 0 Å². The summed E-state index contributed by atoms with van der Waals surface area (Å²) in [5, 5.41) is 1.93. The van der Waals surface area contributed by atoms with E-state index in [-0.39, 0.29) is 0 Å². The van der Waals surface area contributed by atoms with E-state index in [1.807, 2.05) is 24.3 Å². The summed E-state index contributed by atoms with van der Waals surface area (Å²) in [7, 11) is 0. The van der Waals surface area contributed by atoms with Crippen LogP contribution in [0.25, 0.3) is 0 Å². The van der Waals surface area contributed by atoms with Crippen LogP contribution in [0.4, 0.5) is 0 Å². The minimum absolute atomic E-state index is 0.762. The van der Waals surface area contributed by atoms with E-state index < -0.39 is 3.93 Å². The fourth-order valence-electron chi connectivity index (χ4n) is 0.665. The van der Waals surface area contributed by atoms with E-state index in [9.17, 15) is 0 Å². The molecule has 5 heteroatoms. The molecule has 1 aromatic carbocycles. The average Bonchev–Trinajstić information content (AvgIpc) is 1.86. The molecule has 0 saturated heterocycles. The molecule has 1 rings (SSSR count). The molecule has 0 aliphatic rings. The molecule has 0 nitrogen and oxygen atoms in total. The average molecular weight is 379 g/mol. The predicted molar refractivity (Wildman–Crippen MR) is 63.6 cm³/mol. The van der Waals surface area contributed by atoms with Gasteiger partial charge in [0.25, 0.3) is 3.93 Å². The lowest BCUT2D eigenvalue weighted by molar-refractivity contribution is 1.77. The van der Waals surface area contributed by atoms with E-state index in [2.05, 4.69) is 45.9 Å². The molecule has 1 aromatic rings. The van der Waals surface area contributed by atoms with Crippen LogP contribution in [0, 0.1) is 0 Å². The molecule has 0 saturated carbocycles. The van der Waals surface area contributed by atoms with Gasteiger partial charge in [0.2, 0.25) is 0 Å². The number of benzene rings is 1. The monoisotopic (exact) mass is 376 g/mol. The van der Waals surface area contributed by atoms with Gasteiger partial charge in [-0.1, -0.05) is 69.6 Å². The maximum absolute atomic E-state index is 5.81. The van der Waals surface area contributed by atoms with Gasteiger partial charge in [-0.3, -0.25) is 0 Å². The highest BCUT2D eigenvalue weighted by Crippen LogP contribution is 2.27. The Kier molecular flexibility index (Phi) is 3.65. The Hall–Kier alpha value is 1.17. The van der Waals surface area contributed by atoms with Gasteiger partial charge in [-0.05, 0) is 17.3 Å². The van der Waals surface area contributed by atoms with E-state index in [0.29, 0.717) is 0 Å². The van der Waals surface area contributed by atoms with Gasteiger partial charge in [0.05, 0.1) is 0 Å². The predicted octanol–water partition coefficient (Wildman–Crippen LogP) is 3.67. The van der Waals surface area contributed by atoms with Crippen molar-refractivity contribution in [3.63, 3.8) is 0 Å². The van der Waals surface area contributed by atoms with Crippen LogP contribution in [0.2, 0.25) is 5.02 Å². The molecule has 0 amide bonds. The zero-order chi connectivity index (χ0) is 8.48. The third-order valence-corrected chi connectivity index (χ3v) is 6.47. The SMILES string of the molecule is Clc1cccc([Si](Br)(Br)Br)c1. The first-order chi connectivity index (χ1) is 5.00. The number of hydrogen-bond donors (Lipinski definition) is 0. The number of halogens is 4. The van der Waals surface area contributed by atoms with E-state index in [4.69, 9.17) is 11.6 Å². The Morgan fingerprint density at radius 3 is 2.18 bits per heavy atom. The van der Waals surface area contributed by atoms with Crippen LogP contribution in [-0.4, -0.2) is 3.93 Å². The molecule has 11 heavy (non-hydrogen) atoms. The highest BCUT2D eigenvalue weighted by Gasteiger charge is 2.24. The largest absolute Gasteiger partial charge is 0.297 e. The lowest BCUT2D eigenvalue weighted by atomic mass is 10.4. The van der Waals surface area contributed by atoms with Gasteiger partial charge in [-0.2, -0.15) is 0 Å². The van der Waals surface area contributed by atoms with E-state index in [1.165, 1.54) is 5.19 Å². The van der Waals surface area contributed by atoms with E-state index in [0.717, 1.165) is 5.02 Å². The van der Waals surface area contributed by atoms with Crippen molar-refractivity contribution in [2.45, 2.75) is 0 Å². The second-order valence-corrected chi connectivity index (χ2v) is 24.3. The molecule has 0 radical (unpaired) electrons. The molecule has 0 spiro atoms. The zero-order valence-electron chi connectivity index (χ0n) is 5.32. The Bertz CT molecular complexity index is 258. The summed E-state index contributed by atoms with van der Waals surface area (Å²) in [4.78, 5) is 0. The number of hydrogen-bond acceptors (Lipinski definition) is 0. The normalized spacial score (nSPS) is 11.6. The smallest absolute Gasteiger partial charge is 0.0910 e. The molecule has 0 fully saturated rings. The fourth-order valence-corrected chi connectivity index (χ4v) is 3.77. The Morgan fingerprint density at radius 2 is 1.82 bits per heavy atom. The van der Waals surface area contributed by atoms with Crippen LogP contribution < -0.4 is 5.19 Å². The van der Waals surface area contributed by atoms with Gasteiger partial charge >= 0.3 is 0 Å². The summed E-state index contributed by atoms with van der Waals surface area (Å²) in [6, 6.07) is 7.75. The molecule has 0 heterocycles. The van der Waals surface area contributed by atoms with Crippen molar-refractivity contribution in [2.24, 2.45) is 0 Å². The van der Waals surface area contributed by atoms with Gasteiger partial charge in [0, 0.05) is 5.02 Å². The van der Waals surface area contributed by atoms with Gasteiger partial charge in [0.1, 0.15) is 0 Å². The van der Waals surface area contributed by atoms with Crippen LogP contribution in [0.3, 0.4) is 0 Å². The first-order valence-corrected chi connectivity index (χ1v) is 12.0. The minimum Gasteiger partial charge on any atom is -0.0910 e. The topological polar surface area (TPSA) is 0 Å². The summed E-state index contributed by atoms with van der Waals surface area (Å²) in [6.07, 6.45) is 0. The molecule has 60 valence electrons. The van der Waals surface area contributed by atoms with Crippen LogP contribution in [0.15, 0.2) is 24.3 Å². The Morgan fingerprint density at radius 1 is 1.18 bits per heavy atom. The minimum atomic E-state index is -1.71. The quantitative estimate of drug-likeness (QED) is 0.516. The van der Waals surface area contributed by atoms with E-state index in [1.54, 1.807) is 0 Å². The summed E-state index contributed by atoms with van der Waals surface area (Å²) >= 11 is 16.4. The third kappa shape index (κ3) is 3.18. The zero-order valence-corrected chi connectivity index (χ0v) is 11.8. The van der Waals surface area contributed by atoms with Crippen molar-refractivity contribution in [2.75, 3.05) is 0 Å². The molecule has 0 aromatic heterocycles. The lowest BCUT2D eigenvalue weighted by Crippen LogP contribution is -2.27. The molecule has 0 unspecified atom stereocenters. The molecule has 0 aliphatic heterocycles. The first-order valence-electron chi connectivity index (χ1n) is 2.83. The van der Waals surface area contributed by atoms with Crippen molar-refractivity contribution in [3.8, 4) is 0 Å². The lowest BCUT2D eigenvalue weighted by Gasteiger charge is -2.08. The molecular weight excluding hydrogens is 375 g/mol. The fraction of sp³-hybridized carbons (Fsp3) is 0. The third-order valence-electron chi connectivity index (χ3n) is 1.15. The van der Waals surface area contributed by atoms with Crippen molar-refractivity contribution in [1.82, 2.24) is 0 Å². The Labute approximate surface area is 95.1 Å². The molecule has 0 aliphatic carbocycles. The summed E-state index contributed by atoms with van der Waals surface area (Å²) < 4.78 is -1.71. The maximum Gasteiger partial charge on any atom is 0.297 e. The highest BCUT2D eigenvalue weighted by atomic mass is 80.0. The second-order valence-electron chi connectivity index (χ2n) is 2.01. The highest BCUT2D eigenvalue weighted by molar-refractivity contribution is 9.72. The van der Waals surface area contributed by atoms with Crippen LogP contribution >= 0.6 is 57.5 Å². The van der Waals surface area contributed by atoms with Gasteiger partial charge < -0.3 is 0 Å². The summed E-state index contributed by atoms with van der Waals surface area (Å²) in [5.41, 5.74) is 0. The standard InChI is InChI=1S/C6H4Br3ClSi/c7-11(8,9)6-3-1-2-5(10)4-6/h1-4H. The molecule has 0 bridgehead atoms. The molecular formula is C6H4Br3ClSi. The first kappa shape index (κ1) is 10.2. The van der Waals surface area contributed by atoms with Crippen molar-refractivity contribution < 1.29 is 0 Å². The maximum atomic E-state index is 5.81. The summed E-state index contributed by atoms with van der Waals surface area (Å²) in [6.45, 7) is 0. The second kappa shape index (κ2) is 3.92. The van der Waals surface area contributed by atoms with Crippen molar-refractivity contribution in [3.05, 3.63) is 29.3 Å². The van der Waals surface area contributed by atoms with Crippen molar-refractivity contribution >= 4 is 66.6 Å². The Balaban J connectivity index is 3.06.